The Hall–Kier alpha value is -16.0. The van der Waals surface area contributed by atoms with Gasteiger partial charge in [0.25, 0.3) is 0 Å². The highest BCUT2D eigenvalue weighted by Gasteiger charge is 2.15. The fourth-order valence-corrected chi connectivity index (χ4v) is 17.3. The Morgan fingerprint density at radius 3 is 1.62 bits per heavy atom. The van der Waals surface area contributed by atoms with Crippen molar-refractivity contribution in [3.63, 3.8) is 0 Å². The van der Waals surface area contributed by atoms with E-state index in [1.54, 1.807) is 65.9 Å². The minimum Gasteiger partial charge on any atom is -0.461 e. The van der Waals surface area contributed by atoms with Crippen LogP contribution in [0.4, 0.5) is 58.0 Å². The minimum atomic E-state index is 0.454. The molecule has 34 heteroatoms. The van der Waals surface area contributed by atoms with Gasteiger partial charge in [0.05, 0.1) is 60.2 Å². The molecule has 0 atom stereocenters. The van der Waals surface area contributed by atoms with Crippen LogP contribution in [0.5, 0.6) is 0 Å². The van der Waals surface area contributed by atoms with Crippen molar-refractivity contribution >= 4 is 222 Å². The van der Waals surface area contributed by atoms with Gasteiger partial charge in [-0.2, -0.15) is 8.75 Å². The van der Waals surface area contributed by atoms with Gasteiger partial charge in [0.2, 0.25) is 0 Å². The van der Waals surface area contributed by atoms with Crippen molar-refractivity contribution in [1.82, 2.24) is 63.7 Å². The van der Waals surface area contributed by atoms with E-state index in [0.717, 1.165) is 145 Å². The zero-order valence-electron chi connectivity index (χ0n) is 74.9. The SMILES string of the molecule is Cc1cc2c(N)nccc2[nH]1.Cc1cc2c(N)nccc2o1.Cc1cc2c(N)nccc2s1.Cc1cc2cccc(N)c2[nH]1.Cc1cc2ccnc(N)c2o1.Cc1cc2ccnc(N)c2s1.Cc1ccc2c(N)noc2c1.Cc1ccc2c(N)nsc2c1.Cc1ccc2c(c1)C(N)=NC2.Cc1ccc2c(c1)CN=C2N.Cc1ccc2snc(N)c2c1.Cc1nc2c(N)nccc2[nH]1. The molecule has 0 saturated carbocycles. The van der Waals surface area contributed by atoms with E-state index in [0.29, 0.717) is 69.6 Å². The molecule has 24 rings (SSSR count). The molecule has 0 spiro atoms. The van der Waals surface area contributed by atoms with Crippen LogP contribution >= 0.6 is 45.7 Å². The Balaban J connectivity index is 0.000000122. The first kappa shape index (κ1) is 93.6. The molecular weight excluding hydrogens is 1730 g/mol. The highest BCUT2D eigenvalue weighted by Crippen LogP contribution is 2.33. The zero-order valence-corrected chi connectivity index (χ0v) is 78.1. The lowest BCUT2D eigenvalue weighted by atomic mass is 10.1. The summed E-state index contributed by atoms with van der Waals surface area (Å²) >= 11 is 6.34. The molecule has 22 aromatic rings. The van der Waals surface area contributed by atoms with Crippen molar-refractivity contribution in [3.8, 4) is 0 Å². The van der Waals surface area contributed by atoms with Crippen molar-refractivity contribution < 1.29 is 13.4 Å². The number of aromatic nitrogens is 13. The van der Waals surface area contributed by atoms with E-state index in [1.165, 1.54) is 86.4 Å². The van der Waals surface area contributed by atoms with E-state index >= 15 is 0 Å². The van der Waals surface area contributed by atoms with E-state index < -0.39 is 0 Å². The molecule has 18 heterocycles. The summed E-state index contributed by atoms with van der Waals surface area (Å²) in [5.41, 5.74) is 87.5. The average molecular weight is 1840 g/mol. The average Bonchev–Trinajstić information content (AvgIpc) is 1.68. The highest BCUT2D eigenvalue weighted by atomic mass is 32.1. The number of rotatable bonds is 0. The maximum absolute atomic E-state index is 5.74. The molecule has 6 aromatic carbocycles. The number of anilines is 10. The number of imidazole rings is 1. The number of thiophene rings is 2. The Labute approximate surface area is 776 Å². The third-order valence-electron chi connectivity index (χ3n) is 20.3. The van der Waals surface area contributed by atoms with E-state index in [9.17, 15) is 0 Å². The first-order valence-corrected chi connectivity index (χ1v) is 44.6. The summed E-state index contributed by atoms with van der Waals surface area (Å²) in [6, 6.07) is 60.1. The molecule has 132 heavy (non-hydrogen) atoms. The summed E-state index contributed by atoms with van der Waals surface area (Å²) in [6.07, 6.45) is 10.2. The van der Waals surface area contributed by atoms with Gasteiger partial charge in [0.15, 0.2) is 28.6 Å². The maximum atomic E-state index is 5.74. The molecule has 2 aliphatic rings. The highest BCUT2D eigenvalue weighted by molar-refractivity contribution is 7.19. The summed E-state index contributed by atoms with van der Waals surface area (Å²) in [4.78, 5) is 48.2. The second kappa shape index (κ2) is 42.3. The van der Waals surface area contributed by atoms with Crippen molar-refractivity contribution in [2.75, 3.05) is 57.3 Å². The second-order valence-electron chi connectivity index (χ2n) is 31.1. The lowest BCUT2D eigenvalue weighted by Gasteiger charge is -1.99. The van der Waals surface area contributed by atoms with Gasteiger partial charge >= 0.3 is 0 Å². The summed E-state index contributed by atoms with van der Waals surface area (Å²) in [5.74, 6) is 9.02. The number of aromatic amines is 3. The van der Waals surface area contributed by atoms with Gasteiger partial charge in [0, 0.05) is 106 Å². The van der Waals surface area contributed by atoms with Crippen LogP contribution in [-0.4, -0.2) is 75.4 Å². The smallest absolute Gasteiger partial charge is 0.176 e. The topological polar surface area (TPSA) is 553 Å². The zero-order chi connectivity index (χ0) is 94.1. The van der Waals surface area contributed by atoms with Crippen molar-refractivity contribution in [2.45, 2.75) is 96.2 Å². The van der Waals surface area contributed by atoms with E-state index in [2.05, 4.69) is 194 Å². The number of para-hydroxylation sites is 1. The number of pyridine rings is 6. The Bertz CT molecular complexity index is 7010. The number of H-pyrrole nitrogens is 3. The van der Waals surface area contributed by atoms with Gasteiger partial charge in [-0.05, 0) is 255 Å². The minimum absolute atomic E-state index is 0.454. The maximum Gasteiger partial charge on any atom is 0.176 e. The fourth-order valence-electron chi connectivity index (χ4n) is 13.9. The molecule has 0 radical (unpaired) electrons. The quantitative estimate of drug-likeness (QED) is 0.0627. The number of nitrogens with zero attached hydrogens (tertiary/aromatic N) is 12. The van der Waals surface area contributed by atoms with Gasteiger partial charge in [-0.3, -0.25) is 9.98 Å². The number of nitrogens with two attached hydrogens (primary N) is 12. The fraction of sp³-hybridized carbons (Fsp3) is 0.143. The lowest BCUT2D eigenvalue weighted by molar-refractivity contribution is 0.460. The number of nitrogens with one attached hydrogen (secondary N) is 3. The van der Waals surface area contributed by atoms with Crippen LogP contribution in [0.25, 0.3) is 106 Å². The molecule has 0 amide bonds. The third kappa shape index (κ3) is 23.7. The predicted octanol–water partition coefficient (Wildman–Crippen LogP) is 20.7. The molecule has 27 N–H and O–H groups in total. The Morgan fingerprint density at radius 1 is 0.341 bits per heavy atom. The van der Waals surface area contributed by atoms with Gasteiger partial charge < -0.3 is 97.1 Å². The van der Waals surface area contributed by atoms with Gasteiger partial charge in [-0.1, -0.05) is 82.5 Å². The monoisotopic (exact) mass is 1830 g/mol. The second-order valence-corrected chi connectivity index (χ2v) is 35.2. The van der Waals surface area contributed by atoms with Crippen LogP contribution in [0.3, 0.4) is 0 Å². The molecule has 0 unspecified atom stereocenters. The number of benzene rings is 6. The van der Waals surface area contributed by atoms with Crippen molar-refractivity contribution in [2.24, 2.45) is 21.5 Å². The molecule has 0 aliphatic carbocycles. The van der Waals surface area contributed by atoms with Gasteiger partial charge in [-0.25, -0.2) is 34.9 Å². The number of hydrogen-bond donors (Lipinski definition) is 15. The molecule has 0 saturated heterocycles. The van der Waals surface area contributed by atoms with Crippen LogP contribution in [-0.2, 0) is 13.1 Å². The van der Waals surface area contributed by atoms with Crippen LogP contribution in [0, 0.1) is 83.1 Å². The van der Waals surface area contributed by atoms with E-state index in [4.69, 9.17) is 82.2 Å². The normalized spacial score (nSPS) is 11.3. The largest absolute Gasteiger partial charge is 0.461 e. The molecule has 30 nitrogen and oxygen atoms in total. The number of fused-ring (bicyclic) bond motifs is 12. The first-order valence-electron chi connectivity index (χ1n) is 41.4. The molecule has 672 valence electrons. The Morgan fingerprint density at radius 2 is 0.909 bits per heavy atom. The number of amidine groups is 2. The van der Waals surface area contributed by atoms with Crippen LogP contribution in [0.1, 0.15) is 88.6 Å². The third-order valence-corrected chi connectivity index (χ3v) is 24.1. The summed E-state index contributed by atoms with van der Waals surface area (Å²) in [5, 5.41) is 13.0. The molecule has 16 aromatic heterocycles. The molecule has 2 aliphatic heterocycles. The standard InChI is InChI=1S/3C9H10N2.C8H9N3.3C8H8N2O.4C8H8N2S.C7H8N4/c1-6-2-3-8-7(4-6)5-11-9(8)10;1-6-2-3-7-5-11-9(10)8(7)4-6;1-6-5-7-3-2-4-8(10)9(7)11-6;2*1-5-4-6-7(11-5)2-3-10-8(6)9;1-5-4-6-2-3-10-8(9)7(6)11-5;1-5-2-3-6-7(4-5)11-10-8(6)9;1-5-4-6-7(11-5)2-3-10-8(6)9;1-5-4-6-2-3-10-8(9)7(6)11-5;1-5-2-3-7-6(4-5)8(9)10-11-7;1-5-2-3-6-7(4-5)11-10-8(6)9;1-4-10-5-2-3-9-7(8)6(5)11-4/h2*2-4H,5H2,1H3,(H2,10,11);2-5,11H,10H2,1H3;2-4,11H,1H3,(H2,9,10);7*2-4H,1H3,(H2,9,10);2-3H,1H3,(H2,8,9)(H,10,11). The Kier molecular flexibility index (Phi) is 30.0. The van der Waals surface area contributed by atoms with Gasteiger partial charge in [0.1, 0.15) is 75.0 Å². The lowest BCUT2D eigenvalue weighted by Crippen LogP contribution is -2.10. The van der Waals surface area contributed by atoms with Crippen molar-refractivity contribution in [3.05, 3.63) is 308 Å². The molecular formula is C98H103N27O3S4. The van der Waals surface area contributed by atoms with Crippen LogP contribution < -0.4 is 68.8 Å². The number of aryl methyl sites for hydroxylation is 12. The first-order chi connectivity index (χ1) is 63.3. The number of hydrogen-bond acceptors (Lipinski definition) is 31. The van der Waals surface area contributed by atoms with Crippen molar-refractivity contribution in [1.29, 1.82) is 0 Å². The number of furan rings is 2. The summed E-state index contributed by atoms with van der Waals surface area (Å²) in [7, 11) is 0. The summed E-state index contributed by atoms with van der Waals surface area (Å²) in [6.45, 7) is 25.6. The molecule has 0 fully saturated rings. The number of nitrogen functional groups attached to an aromatic ring is 10. The molecule has 0 bridgehead atoms. The van der Waals surface area contributed by atoms with Crippen LogP contribution in [0.15, 0.2) is 243 Å². The number of aliphatic imine (C=N–C) groups is 2. The van der Waals surface area contributed by atoms with Gasteiger partial charge in [-0.15, -0.1) is 22.7 Å². The van der Waals surface area contributed by atoms with E-state index in [1.807, 2.05) is 139 Å². The van der Waals surface area contributed by atoms with Crippen LogP contribution in [0.2, 0.25) is 0 Å². The predicted molar refractivity (Wildman–Crippen MR) is 551 cm³/mol. The summed E-state index contributed by atoms with van der Waals surface area (Å²) < 4.78 is 28.4. The van der Waals surface area contributed by atoms with E-state index in [-0.39, 0.29) is 0 Å².